The molecule has 0 spiro atoms. The van der Waals surface area contributed by atoms with Gasteiger partial charge in [0, 0.05) is 18.0 Å². The Balaban J connectivity index is 1.44. The van der Waals surface area contributed by atoms with Crippen molar-refractivity contribution >= 4 is 11.8 Å². The Hall–Kier alpha value is -3.24. The number of carbonyl (C=O) groups is 2. The molecule has 7 heteroatoms. The minimum atomic E-state index is -0.824. The standard InChI is InChI=1S/C25H27FN4O2/c1-13-14(2)22-11-20(13)23(30-22)25(32)29-19(12-27)9-17-7-6-16(10-21(17)26)15-4-3-5-18(8-15)24(28)31/h3-8,10,13-14,19-20,22-23,30H,9,11H2,1-2H3,(H2,28,31)(H,29,32)/t13-,14+,19+,20+,22+,23+/m1/s1. The summed E-state index contributed by atoms with van der Waals surface area (Å²) in [6.45, 7) is 4.37. The average molecular weight is 435 g/mol. The molecule has 0 aromatic heterocycles. The Morgan fingerprint density at radius 1 is 1.22 bits per heavy atom. The molecule has 2 aliphatic rings. The van der Waals surface area contributed by atoms with Crippen LogP contribution in [0.2, 0.25) is 0 Å². The first-order valence-corrected chi connectivity index (χ1v) is 10.9. The summed E-state index contributed by atoms with van der Waals surface area (Å²) in [6.07, 6.45) is 1.05. The highest BCUT2D eigenvalue weighted by Gasteiger charge is 2.51. The predicted octanol–water partition coefficient (Wildman–Crippen LogP) is 2.77. The fourth-order valence-electron chi connectivity index (χ4n) is 5.12. The van der Waals surface area contributed by atoms with Crippen molar-refractivity contribution in [2.75, 3.05) is 0 Å². The lowest BCUT2D eigenvalue weighted by atomic mass is 9.84. The highest BCUT2D eigenvalue weighted by atomic mass is 19.1. The first kappa shape index (κ1) is 22.0. The fourth-order valence-corrected chi connectivity index (χ4v) is 5.12. The van der Waals surface area contributed by atoms with Crippen LogP contribution in [0.25, 0.3) is 11.1 Å². The van der Waals surface area contributed by atoms with Gasteiger partial charge in [0.25, 0.3) is 0 Å². The van der Waals surface area contributed by atoms with Crippen LogP contribution in [0.4, 0.5) is 4.39 Å². The molecule has 2 aromatic rings. The fraction of sp³-hybridized carbons (Fsp3) is 0.400. The zero-order chi connectivity index (χ0) is 23.0. The van der Waals surface area contributed by atoms with E-state index in [4.69, 9.17) is 5.73 Å². The van der Waals surface area contributed by atoms with Crippen LogP contribution in [0.15, 0.2) is 42.5 Å². The van der Waals surface area contributed by atoms with Gasteiger partial charge in [-0.25, -0.2) is 4.39 Å². The van der Waals surface area contributed by atoms with Crippen LogP contribution in [-0.4, -0.2) is 29.9 Å². The number of piperidine rings is 1. The first-order valence-electron chi connectivity index (χ1n) is 10.9. The number of benzene rings is 2. The molecule has 1 heterocycles. The summed E-state index contributed by atoms with van der Waals surface area (Å²) < 4.78 is 14.8. The van der Waals surface area contributed by atoms with Gasteiger partial charge in [0.1, 0.15) is 11.9 Å². The molecule has 1 saturated carbocycles. The number of hydrogen-bond acceptors (Lipinski definition) is 4. The van der Waals surface area contributed by atoms with Gasteiger partial charge in [-0.1, -0.05) is 38.1 Å². The zero-order valence-corrected chi connectivity index (χ0v) is 18.1. The van der Waals surface area contributed by atoms with E-state index in [2.05, 4.69) is 30.6 Å². The van der Waals surface area contributed by atoms with Crippen LogP contribution in [0.3, 0.4) is 0 Å². The van der Waals surface area contributed by atoms with Crippen molar-refractivity contribution in [1.29, 1.82) is 5.26 Å². The molecule has 1 saturated heterocycles. The van der Waals surface area contributed by atoms with Gasteiger partial charge in [0.2, 0.25) is 11.8 Å². The van der Waals surface area contributed by atoms with Crippen molar-refractivity contribution in [2.45, 2.75) is 44.8 Å². The second-order valence-electron chi connectivity index (χ2n) is 9.01. The minimum Gasteiger partial charge on any atom is -0.366 e. The molecule has 166 valence electrons. The van der Waals surface area contributed by atoms with Crippen molar-refractivity contribution in [2.24, 2.45) is 23.5 Å². The zero-order valence-electron chi connectivity index (χ0n) is 18.1. The van der Waals surface area contributed by atoms with Gasteiger partial charge >= 0.3 is 0 Å². The van der Waals surface area contributed by atoms with Gasteiger partial charge in [-0.05, 0) is 59.1 Å². The van der Waals surface area contributed by atoms with Crippen LogP contribution in [0.5, 0.6) is 0 Å². The number of fused-ring (bicyclic) bond motifs is 2. The van der Waals surface area contributed by atoms with Crippen LogP contribution in [0, 0.1) is 34.9 Å². The number of nitrogens with zero attached hydrogens (tertiary/aromatic N) is 1. The summed E-state index contributed by atoms with van der Waals surface area (Å²) in [6, 6.07) is 12.7. The van der Waals surface area contributed by atoms with Gasteiger partial charge in [-0.15, -0.1) is 0 Å². The van der Waals surface area contributed by atoms with E-state index >= 15 is 0 Å². The number of nitrogens with two attached hydrogens (primary N) is 1. The van der Waals surface area contributed by atoms with Crippen molar-refractivity contribution in [3.8, 4) is 17.2 Å². The maximum absolute atomic E-state index is 14.8. The Morgan fingerprint density at radius 3 is 2.59 bits per heavy atom. The smallest absolute Gasteiger partial charge is 0.248 e. The molecule has 2 fully saturated rings. The van der Waals surface area contributed by atoms with E-state index in [1.807, 2.05) is 0 Å². The number of carbonyl (C=O) groups excluding carboxylic acids is 2. The Bertz CT molecular complexity index is 1090. The summed E-state index contributed by atoms with van der Waals surface area (Å²) in [5.41, 5.74) is 7.28. The average Bonchev–Trinajstić information content (AvgIpc) is 3.34. The van der Waals surface area contributed by atoms with E-state index in [9.17, 15) is 19.2 Å². The third kappa shape index (κ3) is 4.11. The summed E-state index contributed by atoms with van der Waals surface area (Å²) in [7, 11) is 0. The summed E-state index contributed by atoms with van der Waals surface area (Å²) in [5, 5.41) is 15.7. The number of nitriles is 1. The third-order valence-electron chi connectivity index (χ3n) is 7.20. The Kier molecular flexibility index (Phi) is 5.98. The van der Waals surface area contributed by atoms with E-state index in [0.717, 1.165) is 6.42 Å². The molecule has 6 atom stereocenters. The Morgan fingerprint density at radius 2 is 1.97 bits per heavy atom. The highest BCUT2D eigenvalue weighted by molar-refractivity contribution is 5.94. The molecule has 4 rings (SSSR count). The number of nitrogens with one attached hydrogen (secondary N) is 2. The van der Waals surface area contributed by atoms with Gasteiger partial charge in [-0.3, -0.25) is 9.59 Å². The SMILES string of the molecule is C[C@@H]1[C@H](C)[C@@H]2C[C@@H]1[C@@H](C(=O)N[C@H](C#N)Cc1ccc(-c3cccc(C(N)=O)c3)cc1F)N2. The molecule has 1 aliphatic carbocycles. The largest absolute Gasteiger partial charge is 0.366 e. The lowest BCUT2D eigenvalue weighted by Crippen LogP contribution is -2.54. The highest BCUT2D eigenvalue weighted by Crippen LogP contribution is 2.44. The number of amides is 2. The van der Waals surface area contributed by atoms with E-state index in [0.29, 0.717) is 40.1 Å². The van der Waals surface area contributed by atoms with Crippen LogP contribution in [0.1, 0.15) is 36.2 Å². The van der Waals surface area contributed by atoms with Crippen molar-refractivity contribution in [3.05, 3.63) is 59.4 Å². The topological polar surface area (TPSA) is 108 Å². The maximum Gasteiger partial charge on any atom is 0.248 e. The molecule has 0 unspecified atom stereocenters. The van der Waals surface area contributed by atoms with E-state index in [1.165, 1.54) is 6.07 Å². The lowest BCUT2D eigenvalue weighted by Gasteiger charge is -2.32. The number of rotatable bonds is 6. The molecule has 2 amide bonds. The van der Waals surface area contributed by atoms with Crippen LogP contribution >= 0.6 is 0 Å². The van der Waals surface area contributed by atoms with E-state index < -0.39 is 17.8 Å². The van der Waals surface area contributed by atoms with Crippen molar-refractivity contribution < 1.29 is 14.0 Å². The molecule has 0 radical (unpaired) electrons. The van der Waals surface area contributed by atoms with E-state index in [-0.39, 0.29) is 24.3 Å². The molecule has 4 N–H and O–H groups in total. The van der Waals surface area contributed by atoms with Crippen molar-refractivity contribution in [1.82, 2.24) is 10.6 Å². The predicted molar refractivity (Wildman–Crippen MR) is 119 cm³/mol. The third-order valence-corrected chi connectivity index (χ3v) is 7.20. The van der Waals surface area contributed by atoms with Gasteiger partial charge in [0.05, 0.1) is 12.1 Å². The number of primary amides is 1. The van der Waals surface area contributed by atoms with Gasteiger partial charge in [0.15, 0.2) is 0 Å². The molecular weight excluding hydrogens is 407 g/mol. The maximum atomic E-state index is 14.8. The monoisotopic (exact) mass is 434 g/mol. The normalized spacial score (nSPS) is 27.0. The molecule has 32 heavy (non-hydrogen) atoms. The summed E-state index contributed by atoms with van der Waals surface area (Å²) in [4.78, 5) is 24.2. The van der Waals surface area contributed by atoms with E-state index in [1.54, 1.807) is 36.4 Å². The molecule has 1 aliphatic heterocycles. The van der Waals surface area contributed by atoms with Crippen LogP contribution < -0.4 is 16.4 Å². The molecule has 6 nitrogen and oxygen atoms in total. The van der Waals surface area contributed by atoms with Crippen LogP contribution in [-0.2, 0) is 11.2 Å². The molecular formula is C25H27FN4O2. The summed E-state index contributed by atoms with van der Waals surface area (Å²) in [5.74, 6) is 0.0413. The second-order valence-corrected chi connectivity index (χ2v) is 9.01. The van der Waals surface area contributed by atoms with Gasteiger partial charge < -0.3 is 16.4 Å². The second kappa shape index (κ2) is 8.71. The van der Waals surface area contributed by atoms with Gasteiger partial charge in [-0.2, -0.15) is 5.26 Å². The van der Waals surface area contributed by atoms with Crippen molar-refractivity contribution in [3.63, 3.8) is 0 Å². The molecule has 2 aromatic carbocycles. The number of halogens is 1. The number of hydrogen-bond donors (Lipinski definition) is 3. The Labute approximate surface area is 187 Å². The quantitative estimate of drug-likeness (QED) is 0.650. The lowest BCUT2D eigenvalue weighted by molar-refractivity contribution is -0.125. The molecule has 2 bridgehead atoms. The first-order chi connectivity index (χ1) is 15.3. The minimum absolute atomic E-state index is 0.0719. The summed E-state index contributed by atoms with van der Waals surface area (Å²) >= 11 is 0.